The maximum Gasteiger partial charge on any atom is 0.321 e. The highest BCUT2D eigenvalue weighted by Crippen LogP contribution is 1.69. The largest absolute Gasteiger partial charge is 0.388 e. The van der Waals surface area contributed by atoms with Crippen LogP contribution in [0, 0.1) is 0 Å². The summed E-state index contributed by atoms with van der Waals surface area (Å²) in [7, 11) is 0.562. The quantitative estimate of drug-likeness (QED) is 0.497. The van der Waals surface area contributed by atoms with Crippen LogP contribution in [-0.4, -0.2) is 19.5 Å². The van der Waals surface area contributed by atoms with Crippen molar-refractivity contribution in [2.24, 2.45) is 0 Å². The molecule has 2 N–H and O–H groups in total. The standard InChI is InChI=1S/C5H13BN2O/c1-4(2)7-6-8-5(3)9/h4,6-7H,1-3H3,(H,8,9). The molecule has 0 aromatic heterocycles. The predicted octanol–water partition coefficient (Wildman–Crippen LogP) is -0.613. The maximum atomic E-state index is 10.3. The third-order valence-electron chi connectivity index (χ3n) is 0.848. The van der Waals surface area contributed by atoms with Gasteiger partial charge in [-0.3, -0.25) is 4.79 Å². The molecule has 4 heteroatoms. The number of hydrogen-bond acceptors (Lipinski definition) is 2. The van der Waals surface area contributed by atoms with Crippen molar-refractivity contribution in [3.63, 3.8) is 0 Å². The van der Waals surface area contributed by atoms with Crippen LogP contribution in [-0.2, 0) is 4.79 Å². The number of carbonyl (C=O) groups is 1. The molecule has 9 heavy (non-hydrogen) atoms. The molecule has 0 aliphatic carbocycles. The Bertz CT molecular complexity index is 95.0. The summed E-state index contributed by atoms with van der Waals surface area (Å²) in [6.45, 7) is 5.56. The molecular weight excluding hydrogens is 115 g/mol. The van der Waals surface area contributed by atoms with E-state index in [0.717, 1.165) is 0 Å². The third kappa shape index (κ3) is 7.49. The van der Waals surface area contributed by atoms with Crippen molar-refractivity contribution < 1.29 is 4.79 Å². The molecule has 0 heterocycles. The molecular formula is C5H13BN2O. The van der Waals surface area contributed by atoms with E-state index in [1.165, 1.54) is 6.92 Å². The predicted molar refractivity (Wildman–Crippen MR) is 39.2 cm³/mol. The van der Waals surface area contributed by atoms with Crippen LogP contribution in [0.3, 0.4) is 0 Å². The highest BCUT2D eigenvalue weighted by Gasteiger charge is 1.94. The van der Waals surface area contributed by atoms with Crippen LogP contribution < -0.4 is 10.5 Å². The highest BCUT2D eigenvalue weighted by molar-refractivity contribution is 6.33. The van der Waals surface area contributed by atoms with Crippen molar-refractivity contribution in [1.82, 2.24) is 10.5 Å². The fraction of sp³-hybridized carbons (Fsp3) is 0.800. The van der Waals surface area contributed by atoms with Gasteiger partial charge < -0.3 is 10.5 Å². The van der Waals surface area contributed by atoms with Gasteiger partial charge in [0.25, 0.3) is 0 Å². The van der Waals surface area contributed by atoms with Gasteiger partial charge in [0, 0.05) is 6.92 Å². The van der Waals surface area contributed by atoms with Crippen LogP contribution in [0.1, 0.15) is 20.8 Å². The second-order valence-corrected chi connectivity index (χ2v) is 2.27. The van der Waals surface area contributed by atoms with E-state index >= 15 is 0 Å². The van der Waals surface area contributed by atoms with Crippen molar-refractivity contribution >= 4 is 13.5 Å². The topological polar surface area (TPSA) is 41.1 Å². The second kappa shape index (κ2) is 4.38. The Morgan fingerprint density at radius 1 is 1.56 bits per heavy atom. The van der Waals surface area contributed by atoms with Gasteiger partial charge in [0.15, 0.2) is 0 Å². The van der Waals surface area contributed by atoms with E-state index in [1.807, 2.05) is 13.8 Å². The summed E-state index contributed by atoms with van der Waals surface area (Å²) in [6, 6.07) is 0.428. The summed E-state index contributed by atoms with van der Waals surface area (Å²) >= 11 is 0. The lowest BCUT2D eigenvalue weighted by atomic mass is 10.1. The lowest BCUT2D eigenvalue weighted by Gasteiger charge is -2.04. The van der Waals surface area contributed by atoms with Crippen LogP contribution in [0.15, 0.2) is 0 Å². The fourth-order valence-corrected chi connectivity index (χ4v) is 0.380. The molecule has 0 aliphatic rings. The van der Waals surface area contributed by atoms with Gasteiger partial charge in [-0.05, 0) is 6.04 Å². The molecule has 0 bridgehead atoms. The lowest BCUT2D eigenvalue weighted by Crippen LogP contribution is -2.39. The molecule has 1 amide bonds. The van der Waals surface area contributed by atoms with E-state index in [2.05, 4.69) is 10.5 Å². The van der Waals surface area contributed by atoms with Crippen molar-refractivity contribution in [2.45, 2.75) is 26.8 Å². The minimum Gasteiger partial charge on any atom is -0.388 e. The maximum absolute atomic E-state index is 10.3. The Morgan fingerprint density at radius 2 is 2.11 bits per heavy atom. The highest BCUT2D eigenvalue weighted by atomic mass is 16.1. The van der Waals surface area contributed by atoms with Crippen molar-refractivity contribution in [3.8, 4) is 0 Å². The number of rotatable bonds is 3. The van der Waals surface area contributed by atoms with E-state index in [9.17, 15) is 4.79 Å². The lowest BCUT2D eigenvalue weighted by molar-refractivity contribution is -0.117. The van der Waals surface area contributed by atoms with Crippen LogP contribution in [0.25, 0.3) is 0 Å². The monoisotopic (exact) mass is 128 g/mol. The summed E-state index contributed by atoms with van der Waals surface area (Å²) in [6.07, 6.45) is 0. The number of nitrogens with one attached hydrogen (secondary N) is 2. The molecule has 0 unspecified atom stereocenters. The Morgan fingerprint density at radius 3 is 2.44 bits per heavy atom. The molecule has 3 nitrogen and oxygen atoms in total. The Kier molecular flexibility index (Phi) is 4.14. The average molecular weight is 128 g/mol. The zero-order valence-corrected chi connectivity index (χ0v) is 6.19. The van der Waals surface area contributed by atoms with E-state index in [4.69, 9.17) is 0 Å². The molecule has 52 valence electrons. The molecule has 0 radical (unpaired) electrons. The minimum atomic E-state index is 0.00292. The van der Waals surface area contributed by atoms with Gasteiger partial charge in [-0.15, -0.1) is 0 Å². The van der Waals surface area contributed by atoms with E-state index in [-0.39, 0.29) is 5.91 Å². The Balaban J connectivity index is 3.01. The zero-order valence-electron chi connectivity index (χ0n) is 6.19. The first-order valence-electron chi connectivity index (χ1n) is 3.10. The summed E-state index contributed by atoms with van der Waals surface area (Å²) in [5.41, 5.74) is 0. The molecule has 0 saturated heterocycles. The molecule has 0 aromatic rings. The third-order valence-corrected chi connectivity index (χ3v) is 0.848. The Hall–Kier alpha value is -0.505. The molecule has 0 spiro atoms. The average Bonchev–Trinajstić information content (AvgIpc) is 1.63. The minimum absolute atomic E-state index is 0.00292. The summed E-state index contributed by atoms with van der Waals surface area (Å²) in [5, 5.41) is 5.67. The molecule has 0 aliphatic heterocycles. The number of hydrogen-bond donors (Lipinski definition) is 2. The second-order valence-electron chi connectivity index (χ2n) is 2.27. The van der Waals surface area contributed by atoms with Gasteiger partial charge in [0.1, 0.15) is 0 Å². The first-order valence-corrected chi connectivity index (χ1v) is 3.10. The molecule has 0 fully saturated rings. The number of carbonyl (C=O) groups excluding carboxylic acids is 1. The SMILES string of the molecule is CC(=O)NBNC(C)C. The summed E-state index contributed by atoms with van der Waals surface area (Å²) < 4.78 is 0. The van der Waals surface area contributed by atoms with Gasteiger partial charge in [-0.2, -0.15) is 0 Å². The van der Waals surface area contributed by atoms with Gasteiger partial charge in [0.05, 0.1) is 0 Å². The van der Waals surface area contributed by atoms with Crippen LogP contribution in [0.5, 0.6) is 0 Å². The first kappa shape index (κ1) is 8.49. The van der Waals surface area contributed by atoms with Gasteiger partial charge in [-0.1, -0.05) is 13.8 Å². The molecule has 0 atom stereocenters. The van der Waals surface area contributed by atoms with E-state index in [0.29, 0.717) is 13.6 Å². The van der Waals surface area contributed by atoms with E-state index in [1.54, 1.807) is 0 Å². The van der Waals surface area contributed by atoms with Gasteiger partial charge >= 0.3 is 7.55 Å². The Labute approximate surface area is 56.5 Å². The van der Waals surface area contributed by atoms with Crippen LogP contribution in [0.2, 0.25) is 0 Å². The smallest absolute Gasteiger partial charge is 0.321 e. The number of amides is 1. The van der Waals surface area contributed by atoms with Crippen molar-refractivity contribution in [3.05, 3.63) is 0 Å². The molecule has 0 aromatic carbocycles. The first-order chi connectivity index (χ1) is 4.13. The zero-order chi connectivity index (χ0) is 7.28. The summed E-state index contributed by atoms with van der Waals surface area (Å²) in [5.74, 6) is 0.00292. The van der Waals surface area contributed by atoms with Gasteiger partial charge in [-0.25, -0.2) is 0 Å². The normalized spacial score (nSPS) is 9.33. The van der Waals surface area contributed by atoms with Crippen molar-refractivity contribution in [2.75, 3.05) is 0 Å². The fourth-order valence-electron chi connectivity index (χ4n) is 0.380. The molecule has 0 saturated carbocycles. The van der Waals surface area contributed by atoms with E-state index < -0.39 is 0 Å². The van der Waals surface area contributed by atoms with Crippen LogP contribution in [0.4, 0.5) is 0 Å². The molecule has 0 rings (SSSR count). The van der Waals surface area contributed by atoms with Crippen molar-refractivity contribution in [1.29, 1.82) is 0 Å². The van der Waals surface area contributed by atoms with Crippen LogP contribution >= 0.6 is 0 Å². The summed E-state index contributed by atoms with van der Waals surface area (Å²) in [4.78, 5) is 10.3. The van der Waals surface area contributed by atoms with Gasteiger partial charge in [0.2, 0.25) is 5.91 Å².